The maximum Gasteiger partial charge on any atom is 0.256 e. The highest BCUT2D eigenvalue weighted by Crippen LogP contribution is 2.32. The van der Waals surface area contributed by atoms with Crippen molar-refractivity contribution in [2.24, 2.45) is 5.73 Å². The molecule has 0 bridgehead atoms. The van der Waals surface area contributed by atoms with Crippen molar-refractivity contribution in [2.75, 3.05) is 6.54 Å². The Bertz CT molecular complexity index is 565. The third kappa shape index (κ3) is 2.59. The van der Waals surface area contributed by atoms with E-state index in [4.69, 9.17) is 15.0 Å². The van der Waals surface area contributed by atoms with E-state index in [-0.39, 0.29) is 12.2 Å². The van der Waals surface area contributed by atoms with Gasteiger partial charge in [0.1, 0.15) is 6.10 Å². The monoisotopic (exact) mass is 273 g/mol. The summed E-state index contributed by atoms with van der Waals surface area (Å²) in [7, 11) is 0. The van der Waals surface area contributed by atoms with Crippen LogP contribution in [0.4, 0.5) is 0 Å². The Labute approximate surface area is 118 Å². The topological polar surface area (TPSA) is 74.2 Å². The second kappa shape index (κ2) is 5.73. The smallest absolute Gasteiger partial charge is 0.256 e. The number of hydrogen-bond acceptors (Lipinski definition) is 5. The SMILES string of the molecule is CCc1ccc(-c2noc(C3CCC(CN)O3)n2)cc1. The fourth-order valence-corrected chi connectivity index (χ4v) is 2.43. The molecule has 2 N–H and O–H groups in total. The molecule has 3 rings (SSSR count). The van der Waals surface area contributed by atoms with Gasteiger partial charge >= 0.3 is 0 Å². The van der Waals surface area contributed by atoms with E-state index >= 15 is 0 Å². The molecule has 0 amide bonds. The molecule has 2 atom stereocenters. The Morgan fingerprint density at radius 2 is 2.05 bits per heavy atom. The number of benzene rings is 1. The molecule has 2 heterocycles. The molecule has 106 valence electrons. The van der Waals surface area contributed by atoms with Gasteiger partial charge in [-0.3, -0.25) is 0 Å². The Hall–Kier alpha value is -1.72. The van der Waals surface area contributed by atoms with Gasteiger partial charge in [0.2, 0.25) is 5.82 Å². The first-order valence-electron chi connectivity index (χ1n) is 7.08. The predicted octanol–water partition coefficient (Wildman–Crippen LogP) is 2.48. The molecule has 1 aromatic heterocycles. The highest BCUT2D eigenvalue weighted by Gasteiger charge is 2.29. The molecule has 0 spiro atoms. The summed E-state index contributed by atoms with van der Waals surface area (Å²) in [5.41, 5.74) is 7.86. The molecule has 0 aliphatic carbocycles. The van der Waals surface area contributed by atoms with E-state index < -0.39 is 0 Å². The van der Waals surface area contributed by atoms with Gasteiger partial charge in [-0.2, -0.15) is 4.98 Å². The van der Waals surface area contributed by atoms with E-state index in [0.717, 1.165) is 24.8 Å². The van der Waals surface area contributed by atoms with Crippen molar-refractivity contribution in [2.45, 2.75) is 38.4 Å². The highest BCUT2D eigenvalue weighted by molar-refractivity contribution is 5.54. The summed E-state index contributed by atoms with van der Waals surface area (Å²) in [6, 6.07) is 8.21. The highest BCUT2D eigenvalue weighted by atomic mass is 16.5. The molecule has 0 radical (unpaired) electrons. The number of hydrogen-bond donors (Lipinski definition) is 1. The van der Waals surface area contributed by atoms with Crippen LogP contribution in [0.1, 0.15) is 37.3 Å². The summed E-state index contributed by atoms with van der Waals surface area (Å²) in [6.45, 7) is 2.67. The van der Waals surface area contributed by atoms with Crippen LogP contribution in [0.2, 0.25) is 0 Å². The summed E-state index contributed by atoms with van der Waals surface area (Å²) in [6.07, 6.45) is 2.86. The first-order chi connectivity index (χ1) is 9.80. The normalized spacial score (nSPS) is 22.3. The minimum atomic E-state index is -0.111. The Kier molecular flexibility index (Phi) is 3.80. The zero-order valence-corrected chi connectivity index (χ0v) is 11.6. The van der Waals surface area contributed by atoms with E-state index in [2.05, 4.69) is 29.2 Å². The van der Waals surface area contributed by atoms with Gasteiger partial charge < -0.3 is 15.0 Å². The largest absolute Gasteiger partial charge is 0.364 e. The second-order valence-corrected chi connectivity index (χ2v) is 5.07. The summed E-state index contributed by atoms with van der Waals surface area (Å²) >= 11 is 0. The average Bonchev–Trinajstić information content (AvgIpc) is 3.16. The molecule has 5 nitrogen and oxygen atoms in total. The lowest BCUT2D eigenvalue weighted by Crippen LogP contribution is -2.18. The van der Waals surface area contributed by atoms with Crippen molar-refractivity contribution in [1.82, 2.24) is 10.1 Å². The number of nitrogens with two attached hydrogens (primary N) is 1. The van der Waals surface area contributed by atoms with Gasteiger partial charge in [0.15, 0.2) is 0 Å². The van der Waals surface area contributed by atoms with Crippen LogP contribution in [0.5, 0.6) is 0 Å². The molecule has 0 saturated carbocycles. The molecule has 2 unspecified atom stereocenters. The van der Waals surface area contributed by atoms with Crippen LogP contribution in [0.25, 0.3) is 11.4 Å². The summed E-state index contributed by atoms with van der Waals surface area (Å²) in [5, 5.41) is 4.04. The van der Waals surface area contributed by atoms with E-state index in [0.29, 0.717) is 18.3 Å². The standard InChI is InChI=1S/C15H19N3O2/c1-2-10-3-5-11(6-4-10)14-17-15(20-18-14)13-8-7-12(9-16)19-13/h3-6,12-13H,2,7-9,16H2,1H3. The van der Waals surface area contributed by atoms with Gasteiger partial charge in [-0.05, 0) is 24.8 Å². The Balaban J connectivity index is 1.76. The van der Waals surface area contributed by atoms with Gasteiger partial charge in [-0.25, -0.2) is 0 Å². The average molecular weight is 273 g/mol. The van der Waals surface area contributed by atoms with E-state index in [1.165, 1.54) is 5.56 Å². The quantitative estimate of drug-likeness (QED) is 0.926. The number of aryl methyl sites for hydroxylation is 1. The summed E-state index contributed by atoms with van der Waals surface area (Å²) in [4.78, 5) is 4.44. The summed E-state index contributed by atoms with van der Waals surface area (Å²) in [5.74, 6) is 1.16. The molecule has 1 aliphatic rings. The van der Waals surface area contributed by atoms with Crippen molar-refractivity contribution >= 4 is 0 Å². The van der Waals surface area contributed by atoms with E-state index in [1.807, 2.05) is 12.1 Å². The third-order valence-electron chi connectivity index (χ3n) is 3.71. The molecule has 1 aliphatic heterocycles. The van der Waals surface area contributed by atoms with E-state index in [1.54, 1.807) is 0 Å². The van der Waals surface area contributed by atoms with Gasteiger partial charge in [0.25, 0.3) is 5.89 Å². The van der Waals surface area contributed by atoms with Gasteiger partial charge in [0.05, 0.1) is 6.10 Å². The van der Waals surface area contributed by atoms with E-state index in [9.17, 15) is 0 Å². The maximum absolute atomic E-state index is 5.76. The fraction of sp³-hybridized carbons (Fsp3) is 0.467. The van der Waals surface area contributed by atoms with Crippen LogP contribution in [-0.4, -0.2) is 22.8 Å². The maximum atomic E-state index is 5.76. The number of nitrogens with zero attached hydrogens (tertiary/aromatic N) is 2. The van der Waals surface area contributed by atoms with Crippen molar-refractivity contribution in [1.29, 1.82) is 0 Å². The zero-order valence-electron chi connectivity index (χ0n) is 11.6. The Morgan fingerprint density at radius 1 is 1.25 bits per heavy atom. The number of aromatic nitrogens is 2. The first-order valence-corrected chi connectivity index (χ1v) is 7.08. The van der Waals surface area contributed by atoms with Crippen molar-refractivity contribution < 1.29 is 9.26 Å². The van der Waals surface area contributed by atoms with Gasteiger partial charge in [-0.15, -0.1) is 0 Å². The zero-order chi connectivity index (χ0) is 13.9. The number of rotatable bonds is 4. The molecular weight excluding hydrogens is 254 g/mol. The minimum absolute atomic E-state index is 0.110. The van der Waals surface area contributed by atoms with Crippen LogP contribution in [0.3, 0.4) is 0 Å². The van der Waals surface area contributed by atoms with Crippen molar-refractivity contribution in [3.05, 3.63) is 35.7 Å². The van der Waals surface area contributed by atoms with Crippen LogP contribution >= 0.6 is 0 Å². The van der Waals surface area contributed by atoms with Crippen molar-refractivity contribution in [3.63, 3.8) is 0 Å². The summed E-state index contributed by atoms with van der Waals surface area (Å²) < 4.78 is 11.1. The predicted molar refractivity (Wildman–Crippen MR) is 75.0 cm³/mol. The fourth-order valence-electron chi connectivity index (χ4n) is 2.43. The van der Waals surface area contributed by atoms with Gasteiger partial charge in [-0.1, -0.05) is 36.3 Å². The molecule has 1 fully saturated rings. The van der Waals surface area contributed by atoms with Crippen LogP contribution < -0.4 is 5.73 Å². The molecule has 5 heteroatoms. The third-order valence-corrected chi connectivity index (χ3v) is 3.71. The molecular formula is C15H19N3O2. The van der Waals surface area contributed by atoms with Crippen LogP contribution in [0.15, 0.2) is 28.8 Å². The van der Waals surface area contributed by atoms with Crippen LogP contribution in [-0.2, 0) is 11.2 Å². The lowest BCUT2D eigenvalue weighted by Gasteiger charge is -2.07. The Morgan fingerprint density at radius 3 is 2.70 bits per heavy atom. The number of ether oxygens (including phenoxy) is 1. The second-order valence-electron chi connectivity index (χ2n) is 5.07. The minimum Gasteiger partial charge on any atom is -0.364 e. The molecule has 2 aromatic rings. The van der Waals surface area contributed by atoms with Crippen molar-refractivity contribution in [3.8, 4) is 11.4 Å². The lowest BCUT2D eigenvalue weighted by molar-refractivity contribution is 0.0307. The van der Waals surface area contributed by atoms with Gasteiger partial charge in [0, 0.05) is 12.1 Å². The molecule has 1 saturated heterocycles. The first kappa shape index (κ1) is 13.3. The molecule has 20 heavy (non-hydrogen) atoms. The lowest BCUT2D eigenvalue weighted by atomic mass is 10.1. The molecule has 1 aromatic carbocycles. The van der Waals surface area contributed by atoms with Crippen LogP contribution in [0, 0.1) is 0 Å².